The van der Waals surface area contributed by atoms with E-state index in [1.165, 1.54) is 0 Å². The van der Waals surface area contributed by atoms with Crippen LogP contribution in [0.3, 0.4) is 0 Å². The number of carbonyl (C=O) groups excluding carboxylic acids is 1. The van der Waals surface area contributed by atoms with Gasteiger partial charge in [0, 0.05) is 18.5 Å². The number of hydrogen-bond donors (Lipinski definition) is 3. The van der Waals surface area contributed by atoms with Crippen LogP contribution >= 0.6 is 0 Å². The summed E-state index contributed by atoms with van der Waals surface area (Å²) in [7, 11) is 0. The van der Waals surface area contributed by atoms with Crippen molar-refractivity contribution in [2.45, 2.75) is 46.1 Å². The molecule has 3 N–H and O–H groups in total. The van der Waals surface area contributed by atoms with Crippen molar-refractivity contribution in [1.82, 2.24) is 10.6 Å². The first-order valence-electron chi connectivity index (χ1n) is 6.63. The van der Waals surface area contributed by atoms with Crippen molar-refractivity contribution in [3.05, 3.63) is 0 Å². The highest BCUT2D eigenvalue weighted by Gasteiger charge is 2.33. The molecule has 5 heteroatoms. The molecule has 0 spiro atoms. The van der Waals surface area contributed by atoms with E-state index in [0.717, 1.165) is 19.4 Å². The Morgan fingerprint density at radius 3 is 2.67 bits per heavy atom. The average molecular weight is 256 g/mol. The van der Waals surface area contributed by atoms with Gasteiger partial charge in [-0.05, 0) is 39.7 Å². The molecule has 0 aromatic carbocycles. The summed E-state index contributed by atoms with van der Waals surface area (Å²) in [4.78, 5) is 23.1. The van der Waals surface area contributed by atoms with E-state index < -0.39 is 11.4 Å². The molecule has 5 nitrogen and oxygen atoms in total. The van der Waals surface area contributed by atoms with E-state index in [4.69, 9.17) is 5.11 Å². The van der Waals surface area contributed by atoms with Crippen LogP contribution in [0, 0.1) is 11.3 Å². The Morgan fingerprint density at radius 1 is 1.50 bits per heavy atom. The Bertz CT molecular complexity index is 319. The monoisotopic (exact) mass is 256 g/mol. The second-order valence-electron chi connectivity index (χ2n) is 5.51. The summed E-state index contributed by atoms with van der Waals surface area (Å²) in [6.07, 6.45) is 2.15. The molecule has 0 saturated carbocycles. The fourth-order valence-electron chi connectivity index (χ4n) is 2.15. The number of hydrogen-bond acceptors (Lipinski definition) is 3. The zero-order chi connectivity index (χ0) is 13.8. The molecule has 0 aliphatic carbocycles. The van der Waals surface area contributed by atoms with Gasteiger partial charge in [-0.3, -0.25) is 9.59 Å². The lowest BCUT2D eigenvalue weighted by atomic mass is 9.87. The Hall–Kier alpha value is -1.10. The van der Waals surface area contributed by atoms with Crippen molar-refractivity contribution in [3.8, 4) is 0 Å². The maximum Gasteiger partial charge on any atom is 0.311 e. The van der Waals surface area contributed by atoms with E-state index in [1.54, 1.807) is 6.92 Å². The van der Waals surface area contributed by atoms with Gasteiger partial charge < -0.3 is 15.7 Å². The van der Waals surface area contributed by atoms with Crippen LogP contribution in [0.1, 0.15) is 40.0 Å². The van der Waals surface area contributed by atoms with E-state index in [9.17, 15) is 9.59 Å². The van der Waals surface area contributed by atoms with Crippen LogP contribution in [0.2, 0.25) is 0 Å². The van der Waals surface area contributed by atoms with E-state index in [0.29, 0.717) is 12.5 Å². The molecular formula is C13H24N2O3. The summed E-state index contributed by atoms with van der Waals surface area (Å²) in [5.41, 5.74) is -0.867. The van der Waals surface area contributed by atoms with Crippen molar-refractivity contribution in [1.29, 1.82) is 0 Å². The van der Waals surface area contributed by atoms with Gasteiger partial charge in [0.25, 0.3) is 0 Å². The largest absolute Gasteiger partial charge is 0.481 e. The summed E-state index contributed by atoms with van der Waals surface area (Å²) >= 11 is 0. The number of rotatable bonds is 5. The highest BCUT2D eigenvalue weighted by molar-refractivity contribution is 5.80. The smallest absolute Gasteiger partial charge is 0.311 e. The highest BCUT2D eigenvalue weighted by Crippen LogP contribution is 2.21. The van der Waals surface area contributed by atoms with Crippen molar-refractivity contribution in [2.75, 3.05) is 13.1 Å². The molecule has 0 aromatic heterocycles. The number of aliphatic carboxylic acids is 1. The summed E-state index contributed by atoms with van der Waals surface area (Å²) < 4.78 is 0. The molecule has 0 radical (unpaired) electrons. The first-order valence-corrected chi connectivity index (χ1v) is 6.63. The van der Waals surface area contributed by atoms with Crippen LogP contribution in [-0.4, -0.2) is 36.1 Å². The van der Waals surface area contributed by atoms with Crippen molar-refractivity contribution >= 4 is 11.9 Å². The molecule has 3 unspecified atom stereocenters. The van der Waals surface area contributed by atoms with Crippen molar-refractivity contribution < 1.29 is 14.7 Å². The number of piperidine rings is 1. The van der Waals surface area contributed by atoms with E-state index in [1.807, 2.05) is 6.92 Å². The fraction of sp³-hybridized carbons (Fsp3) is 0.846. The standard InChI is InChI=1S/C13H24N2O3/c1-4-13(3,12(17)18)8-15-11(16)10-5-6-14-9(2)7-10/h9-10,14H,4-8H2,1-3H3,(H,15,16)(H,17,18). The minimum Gasteiger partial charge on any atom is -0.481 e. The Labute approximate surface area is 108 Å². The van der Waals surface area contributed by atoms with Gasteiger partial charge in [-0.1, -0.05) is 6.92 Å². The van der Waals surface area contributed by atoms with Crippen molar-refractivity contribution in [2.24, 2.45) is 11.3 Å². The average Bonchev–Trinajstić information content (AvgIpc) is 2.35. The van der Waals surface area contributed by atoms with Gasteiger partial charge in [-0.25, -0.2) is 0 Å². The minimum absolute atomic E-state index is 0.00993. The van der Waals surface area contributed by atoms with Gasteiger partial charge >= 0.3 is 5.97 Å². The van der Waals surface area contributed by atoms with Crippen LogP contribution in [0.5, 0.6) is 0 Å². The highest BCUT2D eigenvalue weighted by atomic mass is 16.4. The fourth-order valence-corrected chi connectivity index (χ4v) is 2.15. The lowest BCUT2D eigenvalue weighted by molar-refractivity contribution is -0.148. The molecule has 1 fully saturated rings. The topological polar surface area (TPSA) is 78.4 Å². The summed E-state index contributed by atoms with van der Waals surface area (Å²) in [6.45, 7) is 6.61. The molecular weight excluding hydrogens is 232 g/mol. The molecule has 1 rings (SSSR count). The quantitative estimate of drug-likeness (QED) is 0.685. The van der Waals surface area contributed by atoms with E-state index in [-0.39, 0.29) is 18.4 Å². The van der Waals surface area contributed by atoms with Crippen LogP contribution in [0.4, 0.5) is 0 Å². The molecule has 0 aromatic rings. The molecule has 104 valence electrons. The van der Waals surface area contributed by atoms with Gasteiger partial charge in [0.15, 0.2) is 0 Å². The van der Waals surface area contributed by atoms with Crippen LogP contribution in [0.25, 0.3) is 0 Å². The van der Waals surface area contributed by atoms with Gasteiger partial charge in [-0.15, -0.1) is 0 Å². The summed E-state index contributed by atoms with van der Waals surface area (Å²) in [6, 6.07) is 0.353. The third-order valence-corrected chi connectivity index (χ3v) is 3.94. The maximum atomic E-state index is 12.0. The third-order valence-electron chi connectivity index (χ3n) is 3.94. The first kappa shape index (κ1) is 15.0. The number of carbonyl (C=O) groups is 2. The molecule has 1 heterocycles. The lowest BCUT2D eigenvalue weighted by Gasteiger charge is -2.29. The second-order valence-corrected chi connectivity index (χ2v) is 5.51. The van der Waals surface area contributed by atoms with E-state index in [2.05, 4.69) is 17.6 Å². The molecule has 1 aliphatic heterocycles. The lowest BCUT2D eigenvalue weighted by Crippen LogP contribution is -2.46. The van der Waals surface area contributed by atoms with Crippen LogP contribution < -0.4 is 10.6 Å². The number of nitrogens with one attached hydrogen (secondary N) is 2. The first-order chi connectivity index (χ1) is 8.39. The van der Waals surface area contributed by atoms with Crippen LogP contribution in [0.15, 0.2) is 0 Å². The predicted molar refractivity (Wildman–Crippen MR) is 69.2 cm³/mol. The Balaban J connectivity index is 2.47. The van der Waals surface area contributed by atoms with Crippen LogP contribution in [-0.2, 0) is 9.59 Å². The molecule has 3 atom stereocenters. The van der Waals surface area contributed by atoms with Crippen molar-refractivity contribution in [3.63, 3.8) is 0 Å². The summed E-state index contributed by atoms with van der Waals surface area (Å²) in [5.74, 6) is -0.857. The molecule has 1 amide bonds. The van der Waals surface area contributed by atoms with Gasteiger partial charge in [0.1, 0.15) is 0 Å². The SMILES string of the molecule is CCC(C)(CNC(=O)C1CCNC(C)C1)C(=O)O. The molecule has 1 saturated heterocycles. The zero-order valence-corrected chi connectivity index (χ0v) is 11.5. The summed E-state index contributed by atoms with van der Waals surface area (Å²) in [5, 5.41) is 15.2. The van der Waals surface area contributed by atoms with Gasteiger partial charge in [0.05, 0.1) is 5.41 Å². The predicted octanol–water partition coefficient (Wildman–Crippen LogP) is 0.992. The second kappa shape index (κ2) is 6.18. The molecule has 18 heavy (non-hydrogen) atoms. The zero-order valence-electron chi connectivity index (χ0n) is 11.5. The maximum absolute atomic E-state index is 12.0. The third kappa shape index (κ3) is 3.70. The number of carboxylic acid groups (broad SMARTS) is 1. The minimum atomic E-state index is -0.867. The normalized spacial score (nSPS) is 27.3. The number of carboxylic acids is 1. The molecule has 0 bridgehead atoms. The number of amides is 1. The van der Waals surface area contributed by atoms with Gasteiger partial charge in [-0.2, -0.15) is 0 Å². The van der Waals surface area contributed by atoms with E-state index >= 15 is 0 Å². The van der Waals surface area contributed by atoms with Gasteiger partial charge in [0.2, 0.25) is 5.91 Å². The Kier molecular flexibility index (Phi) is 5.14. The Morgan fingerprint density at radius 2 is 2.17 bits per heavy atom. The molecule has 1 aliphatic rings.